The normalized spacial score (nSPS) is 11.7. The fourth-order valence-corrected chi connectivity index (χ4v) is 9.78. The molecule has 4 nitrogen and oxygen atoms in total. The van der Waals surface area contributed by atoms with Gasteiger partial charge >= 0.3 is 0 Å². The summed E-state index contributed by atoms with van der Waals surface area (Å²) >= 11 is 0. The Morgan fingerprint density at radius 3 is 1.55 bits per heavy atom. The van der Waals surface area contributed by atoms with Crippen molar-refractivity contribution in [3.05, 3.63) is 231 Å². The van der Waals surface area contributed by atoms with Crippen LogP contribution in [0.1, 0.15) is 0 Å². The number of rotatable bonds is 6. The minimum absolute atomic E-state index is 0.686. The maximum absolute atomic E-state index is 5.48. The van der Waals surface area contributed by atoms with Crippen LogP contribution in [0.25, 0.3) is 127 Å². The molecule has 0 spiro atoms. The maximum Gasteiger partial charge on any atom is 0.160 e. The Morgan fingerprint density at radius 1 is 0.292 bits per heavy atom. The third-order valence-corrected chi connectivity index (χ3v) is 12.9. The van der Waals surface area contributed by atoms with Gasteiger partial charge in [0, 0.05) is 49.5 Å². The monoisotopic (exact) mass is 826 g/mol. The van der Waals surface area contributed by atoms with E-state index >= 15 is 0 Å². The summed E-state index contributed by atoms with van der Waals surface area (Å²) in [6.07, 6.45) is 0. The minimum atomic E-state index is 0.686. The zero-order valence-corrected chi connectivity index (χ0v) is 35.2. The molecule has 0 amide bonds. The van der Waals surface area contributed by atoms with E-state index in [1.807, 2.05) is 0 Å². The lowest BCUT2D eigenvalue weighted by molar-refractivity contribution is 1.18. The van der Waals surface area contributed by atoms with Gasteiger partial charge in [-0.3, -0.25) is 0 Å². The lowest BCUT2D eigenvalue weighted by Crippen LogP contribution is -1.96. The summed E-state index contributed by atoms with van der Waals surface area (Å²) in [5.41, 5.74) is 13.6. The summed E-state index contributed by atoms with van der Waals surface area (Å²) < 4.78 is 2.38. The second-order valence-electron chi connectivity index (χ2n) is 16.8. The van der Waals surface area contributed by atoms with Gasteiger partial charge in [0.2, 0.25) is 0 Å². The van der Waals surface area contributed by atoms with Crippen molar-refractivity contribution in [2.45, 2.75) is 0 Å². The van der Waals surface area contributed by atoms with Crippen LogP contribution in [-0.2, 0) is 0 Å². The SMILES string of the molecule is c1ccc(-c2nc3ccc(-c4ccc(-c5nc(-c6ccc7ccccc7c6)cc(-c6ccc7ccccc7c6)n5)cc4)cc3c3ccc4c(c5ccccc5n4-c4ccccc4)c23)cc1. The molecule has 10 aromatic carbocycles. The number of benzene rings is 10. The van der Waals surface area contributed by atoms with Gasteiger partial charge in [0.25, 0.3) is 0 Å². The van der Waals surface area contributed by atoms with Crippen LogP contribution >= 0.6 is 0 Å². The first-order chi connectivity index (χ1) is 32.2. The number of hydrogen-bond acceptors (Lipinski definition) is 3. The number of nitrogens with zero attached hydrogens (tertiary/aromatic N) is 4. The third-order valence-electron chi connectivity index (χ3n) is 12.9. The molecule has 0 bridgehead atoms. The molecule has 3 aromatic heterocycles. The van der Waals surface area contributed by atoms with E-state index in [9.17, 15) is 0 Å². The lowest BCUT2D eigenvalue weighted by Gasteiger charge is -2.14. The van der Waals surface area contributed by atoms with Crippen LogP contribution < -0.4 is 0 Å². The molecule has 13 rings (SSSR count). The number of pyridine rings is 1. The zero-order chi connectivity index (χ0) is 42.8. The van der Waals surface area contributed by atoms with E-state index in [0.29, 0.717) is 5.82 Å². The van der Waals surface area contributed by atoms with Crippen LogP contribution in [0, 0.1) is 0 Å². The number of aromatic nitrogens is 4. The molecule has 65 heavy (non-hydrogen) atoms. The summed E-state index contributed by atoms with van der Waals surface area (Å²) in [6, 6.07) is 82.1. The van der Waals surface area contributed by atoms with Crippen molar-refractivity contribution in [3.63, 3.8) is 0 Å². The Bertz CT molecular complexity index is 3890. The van der Waals surface area contributed by atoms with Crippen LogP contribution in [0.15, 0.2) is 231 Å². The zero-order valence-electron chi connectivity index (χ0n) is 35.2. The van der Waals surface area contributed by atoms with Gasteiger partial charge in [0.05, 0.1) is 33.6 Å². The average Bonchev–Trinajstić information content (AvgIpc) is 3.73. The van der Waals surface area contributed by atoms with Crippen molar-refractivity contribution in [3.8, 4) is 62.0 Å². The molecule has 0 atom stereocenters. The quantitative estimate of drug-likeness (QED) is 0.157. The molecule has 0 saturated heterocycles. The Hall–Kier alpha value is -8.73. The second-order valence-corrected chi connectivity index (χ2v) is 16.8. The smallest absolute Gasteiger partial charge is 0.160 e. The van der Waals surface area contributed by atoms with Crippen molar-refractivity contribution in [1.29, 1.82) is 0 Å². The molecule has 0 saturated carbocycles. The van der Waals surface area contributed by atoms with Crippen LogP contribution in [0.5, 0.6) is 0 Å². The van der Waals surface area contributed by atoms with Crippen molar-refractivity contribution >= 4 is 65.0 Å². The number of para-hydroxylation sites is 2. The highest BCUT2D eigenvalue weighted by Gasteiger charge is 2.20. The molecule has 0 aliphatic heterocycles. The van der Waals surface area contributed by atoms with Crippen molar-refractivity contribution in [2.75, 3.05) is 0 Å². The highest BCUT2D eigenvalue weighted by atomic mass is 15.0. The van der Waals surface area contributed by atoms with Gasteiger partial charge in [-0.05, 0) is 92.7 Å². The predicted molar refractivity (Wildman–Crippen MR) is 271 cm³/mol. The van der Waals surface area contributed by atoms with Crippen LogP contribution in [-0.4, -0.2) is 19.5 Å². The molecule has 302 valence electrons. The Balaban J connectivity index is 0.958. The number of fused-ring (bicyclic) bond motifs is 9. The highest BCUT2D eigenvalue weighted by Crippen LogP contribution is 2.43. The van der Waals surface area contributed by atoms with Gasteiger partial charge in [0.15, 0.2) is 5.82 Å². The van der Waals surface area contributed by atoms with E-state index < -0.39 is 0 Å². The molecule has 0 unspecified atom stereocenters. The standard InChI is InChI=1S/C61H38N4/c1-3-15-42(16-4-1)60-59-50(32-34-57-58(59)51-21-11-12-22-56(51)65(57)49-19-5-2-6-20-49)52-37-46(31-33-53(52)62-60)41-23-27-43(28-24-41)61-63-54(47-29-25-39-13-7-9-17-44(39)35-47)38-55(64-61)48-30-26-40-14-8-10-18-45(40)36-48/h1-38H. The first-order valence-corrected chi connectivity index (χ1v) is 22.1. The Labute approximate surface area is 375 Å². The summed E-state index contributed by atoms with van der Waals surface area (Å²) in [5.74, 6) is 0.686. The van der Waals surface area contributed by atoms with E-state index in [1.54, 1.807) is 0 Å². The molecular weight excluding hydrogens is 789 g/mol. The summed E-state index contributed by atoms with van der Waals surface area (Å²) in [4.78, 5) is 15.9. The van der Waals surface area contributed by atoms with Gasteiger partial charge in [-0.15, -0.1) is 0 Å². The summed E-state index contributed by atoms with van der Waals surface area (Å²) in [6.45, 7) is 0. The second kappa shape index (κ2) is 15.0. The summed E-state index contributed by atoms with van der Waals surface area (Å²) in [5, 5.41) is 10.6. The molecule has 0 aliphatic rings. The largest absolute Gasteiger partial charge is 0.309 e. The molecular formula is C61H38N4. The van der Waals surface area contributed by atoms with E-state index in [2.05, 4.69) is 235 Å². The average molecular weight is 827 g/mol. The summed E-state index contributed by atoms with van der Waals surface area (Å²) in [7, 11) is 0. The first-order valence-electron chi connectivity index (χ1n) is 22.1. The fourth-order valence-electron chi connectivity index (χ4n) is 9.78. The fraction of sp³-hybridized carbons (Fsp3) is 0. The van der Waals surface area contributed by atoms with Gasteiger partial charge in [-0.25, -0.2) is 15.0 Å². The van der Waals surface area contributed by atoms with E-state index in [1.165, 1.54) is 43.2 Å². The molecule has 0 aliphatic carbocycles. The Kier molecular flexibility index (Phi) is 8.50. The van der Waals surface area contributed by atoms with Gasteiger partial charge in [-0.1, -0.05) is 176 Å². The minimum Gasteiger partial charge on any atom is -0.309 e. The van der Waals surface area contributed by atoms with Crippen molar-refractivity contribution in [1.82, 2.24) is 19.5 Å². The maximum atomic E-state index is 5.48. The lowest BCUT2D eigenvalue weighted by atomic mass is 9.94. The predicted octanol–water partition coefficient (Wildman–Crippen LogP) is 15.9. The van der Waals surface area contributed by atoms with Crippen LogP contribution in [0.2, 0.25) is 0 Å². The Morgan fingerprint density at radius 2 is 0.862 bits per heavy atom. The first kappa shape index (κ1) is 36.9. The molecule has 0 fully saturated rings. The third kappa shape index (κ3) is 6.26. The highest BCUT2D eigenvalue weighted by molar-refractivity contribution is 6.28. The molecule has 0 radical (unpaired) electrons. The molecule has 0 N–H and O–H groups in total. The van der Waals surface area contributed by atoms with Crippen molar-refractivity contribution in [2.24, 2.45) is 0 Å². The molecule has 13 aromatic rings. The molecule has 3 heterocycles. The van der Waals surface area contributed by atoms with Gasteiger partial charge < -0.3 is 4.57 Å². The van der Waals surface area contributed by atoms with Crippen LogP contribution in [0.3, 0.4) is 0 Å². The van der Waals surface area contributed by atoms with Gasteiger partial charge in [-0.2, -0.15) is 0 Å². The topological polar surface area (TPSA) is 43.6 Å². The van der Waals surface area contributed by atoms with E-state index in [4.69, 9.17) is 15.0 Å². The van der Waals surface area contributed by atoms with Gasteiger partial charge in [0.1, 0.15) is 0 Å². The van der Waals surface area contributed by atoms with E-state index in [-0.39, 0.29) is 0 Å². The van der Waals surface area contributed by atoms with Crippen molar-refractivity contribution < 1.29 is 0 Å². The molecule has 4 heteroatoms. The van der Waals surface area contributed by atoms with E-state index in [0.717, 1.165) is 78.0 Å². The van der Waals surface area contributed by atoms with Crippen LogP contribution in [0.4, 0.5) is 0 Å². The number of hydrogen-bond donors (Lipinski definition) is 0.